The fraction of sp³-hybridized carbons (Fsp3) is 0.455. The van der Waals surface area contributed by atoms with Crippen LogP contribution < -0.4 is 4.90 Å². The minimum atomic E-state index is -3.80. The van der Waals surface area contributed by atoms with Gasteiger partial charge in [0.1, 0.15) is 0 Å². The van der Waals surface area contributed by atoms with Crippen LogP contribution in [0, 0.1) is 11.6 Å². The van der Waals surface area contributed by atoms with E-state index in [0.29, 0.717) is 18.8 Å². The van der Waals surface area contributed by atoms with E-state index in [1.165, 1.54) is 0 Å². The van der Waals surface area contributed by atoms with Crippen molar-refractivity contribution in [1.82, 2.24) is 0 Å². The lowest BCUT2D eigenvalue weighted by Gasteiger charge is -2.21. The summed E-state index contributed by atoms with van der Waals surface area (Å²) in [6, 6.07) is 1.95. The van der Waals surface area contributed by atoms with Gasteiger partial charge in [-0.15, -0.1) is 0 Å². The van der Waals surface area contributed by atoms with E-state index in [0.717, 1.165) is 25.0 Å². The molecule has 1 fully saturated rings. The Balaban J connectivity index is 2.44. The zero-order chi connectivity index (χ0) is 13.3. The van der Waals surface area contributed by atoms with Crippen molar-refractivity contribution in [2.75, 3.05) is 18.0 Å². The lowest BCUT2D eigenvalue weighted by Crippen LogP contribution is -2.20. The molecule has 0 atom stereocenters. The Labute approximate surface area is 109 Å². The van der Waals surface area contributed by atoms with Gasteiger partial charge < -0.3 is 4.90 Å². The van der Waals surface area contributed by atoms with Crippen molar-refractivity contribution in [3.63, 3.8) is 0 Å². The molecule has 1 aliphatic rings. The van der Waals surface area contributed by atoms with Gasteiger partial charge >= 0.3 is 0 Å². The van der Waals surface area contributed by atoms with Crippen LogP contribution in [0.4, 0.5) is 14.5 Å². The lowest BCUT2D eigenvalue weighted by molar-refractivity contribution is 0.507. The number of hydrogen-bond donors (Lipinski definition) is 0. The molecule has 1 aromatic rings. The molecule has 0 aliphatic carbocycles. The number of nitrogens with zero attached hydrogens (tertiary/aromatic N) is 1. The normalized spacial score (nSPS) is 16.3. The Morgan fingerprint density at radius 1 is 1.17 bits per heavy atom. The van der Waals surface area contributed by atoms with Crippen molar-refractivity contribution in [3.8, 4) is 0 Å². The van der Waals surface area contributed by atoms with Crippen molar-refractivity contribution in [3.05, 3.63) is 29.3 Å². The molecule has 0 spiro atoms. The third-order valence-electron chi connectivity index (χ3n) is 2.90. The number of halogens is 3. The van der Waals surface area contributed by atoms with E-state index < -0.39 is 26.4 Å². The van der Waals surface area contributed by atoms with E-state index in [1.807, 2.05) is 4.90 Å². The Hall–Kier alpha value is -0.880. The molecule has 0 radical (unpaired) electrons. The number of rotatable bonds is 3. The number of anilines is 1. The van der Waals surface area contributed by atoms with Gasteiger partial charge in [-0.05, 0) is 24.5 Å². The summed E-state index contributed by atoms with van der Waals surface area (Å²) in [5, 5.41) is 0. The van der Waals surface area contributed by atoms with Gasteiger partial charge in [0.25, 0.3) is 0 Å². The maximum absolute atomic E-state index is 13.3. The summed E-state index contributed by atoms with van der Waals surface area (Å²) in [5.41, 5.74) is 0.612. The van der Waals surface area contributed by atoms with Gasteiger partial charge in [-0.2, -0.15) is 0 Å². The van der Waals surface area contributed by atoms with Gasteiger partial charge in [0, 0.05) is 35.5 Å². The Kier molecular flexibility index (Phi) is 3.77. The van der Waals surface area contributed by atoms with Crippen LogP contribution in [0.2, 0.25) is 0 Å². The molecule has 0 unspecified atom stereocenters. The molecule has 1 aromatic carbocycles. The lowest BCUT2D eigenvalue weighted by atomic mass is 10.1. The first kappa shape index (κ1) is 13.5. The molecule has 0 aromatic heterocycles. The van der Waals surface area contributed by atoms with Crippen LogP contribution in [0.3, 0.4) is 0 Å². The molecule has 7 heteroatoms. The molecule has 1 saturated heterocycles. The summed E-state index contributed by atoms with van der Waals surface area (Å²) in [4.78, 5) is 1.85. The van der Waals surface area contributed by atoms with Gasteiger partial charge in [0.05, 0.1) is 5.75 Å². The van der Waals surface area contributed by atoms with Crippen LogP contribution in [-0.2, 0) is 14.8 Å². The molecule has 18 heavy (non-hydrogen) atoms. The summed E-state index contributed by atoms with van der Waals surface area (Å²) in [6.45, 7) is 1.42. The van der Waals surface area contributed by atoms with E-state index in [2.05, 4.69) is 0 Å². The maximum Gasteiger partial charge on any atom is 0.236 e. The monoisotopic (exact) mass is 295 g/mol. The molecule has 0 amide bonds. The first-order valence-electron chi connectivity index (χ1n) is 5.52. The summed E-state index contributed by atoms with van der Waals surface area (Å²) in [6.07, 6.45) is 1.90. The standard InChI is InChI=1S/C11H12ClF2NO2S/c12-18(16,17)7-8-5-9(13)10(14)6-11(8)15-3-1-2-4-15/h5-6H,1-4,7H2. The van der Waals surface area contributed by atoms with Gasteiger partial charge in [0.15, 0.2) is 11.6 Å². The Morgan fingerprint density at radius 3 is 2.28 bits per heavy atom. The van der Waals surface area contributed by atoms with Crippen molar-refractivity contribution >= 4 is 25.4 Å². The van der Waals surface area contributed by atoms with Crippen molar-refractivity contribution < 1.29 is 17.2 Å². The average Bonchev–Trinajstić information content (AvgIpc) is 2.74. The third-order valence-corrected chi connectivity index (χ3v) is 3.88. The topological polar surface area (TPSA) is 37.4 Å². The molecule has 0 saturated carbocycles. The highest BCUT2D eigenvalue weighted by Gasteiger charge is 2.21. The Bertz CT molecular complexity index is 556. The Morgan fingerprint density at radius 2 is 1.72 bits per heavy atom. The zero-order valence-corrected chi connectivity index (χ0v) is 11.1. The highest BCUT2D eigenvalue weighted by atomic mass is 35.7. The van der Waals surface area contributed by atoms with E-state index in [1.54, 1.807) is 0 Å². The quantitative estimate of drug-likeness (QED) is 0.805. The minimum Gasteiger partial charge on any atom is -0.371 e. The van der Waals surface area contributed by atoms with E-state index >= 15 is 0 Å². The molecule has 2 rings (SSSR count). The minimum absolute atomic E-state index is 0.200. The number of benzene rings is 1. The largest absolute Gasteiger partial charge is 0.371 e. The van der Waals surface area contributed by atoms with E-state index in [4.69, 9.17) is 10.7 Å². The summed E-state index contributed by atoms with van der Waals surface area (Å²) in [7, 11) is 1.37. The van der Waals surface area contributed by atoms with Crippen LogP contribution in [0.25, 0.3) is 0 Å². The third kappa shape index (κ3) is 3.11. The first-order chi connectivity index (χ1) is 8.37. The second-order valence-corrected chi connectivity index (χ2v) is 7.05. The summed E-state index contributed by atoms with van der Waals surface area (Å²) < 4.78 is 48.6. The average molecular weight is 296 g/mol. The fourth-order valence-electron chi connectivity index (χ4n) is 2.13. The number of hydrogen-bond acceptors (Lipinski definition) is 3. The second-order valence-electron chi connectivity index (χ2n) is 4.27. The first-order valence-corrected chi connectivity index (χ1v) is 8.00. The molecular weight excluding hydrogens is 284 g/mol. The van der Waals surface area contributed by atoms with Crippen LogP contribution in [0.5, 0.6) is 0 Å². The van der Waals surface area contributed by atoms with Crippen molar-refractivity contribution in [1.29, 1.82) is 0 Å². The molecular formula is C11H12ClF2NO2S. The van der Waals surface area contributed by atoms with Crippen molar-refractivity contribution in [2.45, 2.75) is 18.6 Å². The smallest absolute Gasteiger partial charge is 0.236 e. The van der Waals surface area contributed by atoms with Crippen LogP contribution in [0.1, 0.15) is 18.4 Å². The van der Waals surface area contributed by atoms with Crippen LogP contribution >= 0.6 is 10.7 Å². The second kappa shape index (κ2) is 5.01. The molecule has 3 nitrogen and oxygen atoms in total. The van der Waals surface area contributed by atoms with E-state index in [-0.39, 0.29) is 5.56 Å². The highest BCUT2D eigenvalue weighted by Crippen LogP contribution is 2.29. The predicted molar refractivity (Wildman–Crippen MR) is 66.3 cm³/mol. The zero-order valence-electron chi connectivity index (χ0n) is 9.50. The van der Waals surface area contributed by atoms with Gasteiger partial charge in [-0.3, -0.25) is 0 Å². The van der Waals surface area contributed by atoms with Crippen LogP contribution in [0.15, 0.2) is 12.1 Å². The summed E-state index contributed by atoms with van der Waals surface area (Å²) >= 11 is 0. The molecule has 0 N–H and O–H groups in total. The molecule has 1 aliphatic heterocycles. The van der Waals surface area contributed by atoms with Gasteiger partial charge in [-0.1, -0.05) is 0 Å². The molecule has 0 bridgehead atoms. The fourth-order valence-corrected chi connectivity index (χ4v) is 3.09. The summed E-state index contributed by atoms with van der Waals surface area (Å²) in [5.74, 6) is -2.54. The SMILES string of the molecule is O=S(=O)(Cl)Cc1cc(F)c(F)cc1N1CCCC1. The van der Waals surface area contributed by atoms with Crippen LogP contribution in [-0.4, -0.2) is 21.5 Å². The van der Waals surface area contributed by atoms with Crippen molar-refractivity contribution in [2.24, 2.45) is 0 Å². The van der Waals surface area contributed by atoms with Gasteiger partial charge in [-0.25, -0.2) is 17.2 Å². The highest BCUT2D eigenvalue weighted by molar-refractivity contribution is 8.13. The predicted octanol–water partition coefficient (Wildman–Crippen LogP) is 2.63. The maximum atomic E-state index is 13.3. The van der Waals surface area contributed by atoms with Gasteiger partial charge in [0.2, 0.25) is 9.05 Å². The molecule has 100 valence electrons. The van der Waals surface area contributed by atoms with E-state index in [9.17, 15) is 17.2 Å². The molecule has 1 heterocycles.